The zero-order valence-electron chi connectivity index (χ0n) is 15.1. The van der Waals surface area contributed by atoms with E-state index in [1.165, 1.54) is 18.5 Å². The van der Waals surface area contributed by atoms with Gasteiger partial charge in [-0.15, -0.1) is 0 Å². The SMILES string of the molecule is COc1ccc(CCNc2cnc(C(=O)Nc3c(F)cccc3F)cn2)cc1. The summed E-state index contributed by atoms with van der Waals surface area (Å²) >= 11 is 0. The van der Waals surface area contributed by atoms with Crippen molar-refractivity contribution in [3.63, 3.8) is 0 Å². The van der Waals surface area contributed by atoms with Crippen LogP contribution in [-0.4, -0.2) is 29.5 Å². The van der Waals surface area contributed by atoms with E-state index in [4.69, 9.17) is 4.74 Å². The van der Waals surface area contributed by atoms with Gasteiger partial charge < -0.3 is 15.4 Å². The highest BCUT2D eigenvalue weighted by molar-refractivity contribution is 6.02. The molecule has 0 aliphatic carbocycles. The highest BCUT2D eigenvalue weighted by Crippen LogP contribution is 2.18. The largest absolute Gasteiger partial charge is 0.497 e. The van der Waals surface area contributed by atoms with Gasteiger partial charge in [-0.2, -0.15) is 0 Å². The Kier molecular flexibility index (Phi) is 6.11. The number of nitrogens with zero attached hydrogens (tertiary/aromatic N) is 2. The molecule has 0 unspecified atom stereocenters. The minimum absolute atomic E-state index is 0.0524. The van der Waals surface area contributed by atoms with Crippen LogP contribution in [0.1, 0.15) is 16.1 Å². The quantitative estimate of drug-likeness (QED) is 0.650. The lowest BCUT2D eigenvalue weighted by Gasteiger charge is -2.08. The topological polar surface area (TPSA) is 76.1 Å². The van der Waals surface area contributed by atoms with Gasteiger partial charge in [0.15, 0.2) is 0 Å². The summed E-state index contributed by atoms with van der Waals surface area (Å²) in [6.45, 7) is 0.618. The van der Waals surface area contributed by atoms with Gasteiger partial charge in [0.25, 0.3) is 5.91 Å². The third kappa shape index (κ3) is 4.79. The van der Waals surface area contributed by atoms with Gasteiger partial charge >= 0.3 is 0 Å². The highest BCUT2D eigenvalue weighted by Gasteiger charge is 2.14. The molecule has 1 heterocycles. The van der Waals surface area contributed by atoms with E-state index in [0.29, 0.717) is 12.4 Å². The number of aromatic nitrogens is 2. The number of hydrogen-bond acceptors (Lipinski definition) is 5. The molecule has 28 heavy (non-hydrogen) atoms. The molecule has 1 aromatic heterocycles. The Morgan fingerprint density at radius 2 is 1.75 bits per heavy atom. The molecule has 2 aromatic carbocycles. The van der Waals surface area contributed by atoms with Crippen molar-refractivity contribution in [3.05, 3.63) is 77.8 Å². The van der Waals surface area contributed by atoms with Crippen molar-refractivity contribution in [2.45, 2.75) is 6.42 Å². The number of halogens is 2. The molecule has 144 valence electrons. The summed E-state index contributed by atoms with van der Waals surface area (Å²) < 4.78 is 32.3. The number of para-hydroxylation sites is 1. The maximum Gasteiger partial charge on any atom is 0.276 e. The number of methoxy groups -OCH3 is 1. The van der Waals surface area contributed by atoms with Crippen molar-refractivity contribution in [2.75, 3.05) is 24.3 Å². The molecule has 3 aromatic rings. The number of nitrogens with one attached hydrogen (secondary N) is 2. The van der Waals surface area contributed by atoms with Crippen molar-refractivity contribution < 1.29 is 18.3 Å². The molecule has 0 saturated heterocycles. The van der Waals surface area contributed by atoms with Gasteiger partial charge in [-0.05, 0) is 36.2 Å². The van der Waals surface area contributed by atoms with Crippen molar-refractivity contribution >= 4 is 17.4 Å². The summed E-state index contributed by atoms with van der Waals surface area (Å²) in [6.07, 6.45) is 3.39. The molecule has 0 bridgehead atoms. The summed E-state index contributed by atoms with van der Waals surface area (Å²) in [5.74, 6) is -1.19. The van der Waals surface area contributed by atoms with Gasteiger partial charge in [-0.25, -0.2) is 18.7 Å². The van der Waals surface area contributed by atoms with E-state index >= 15 is 0 Å². The summed E-state index contributed by atoms with van der Waals surface area (Å²) in [5.41, 5.74) is 0.559. The average Bonchev–Trinajstić information content (AvgIpc) is 2.72. The Morgan fingerprint density at radius 1 is 1.04 bits per heavy atom. The molecule has 0 atom stereocenters. The lowest BCUT2D eigenvalue weighted by molar-refractivity contribution is 0.102. The van der Waals surface area contributed by atoms with Crippen LogP contribution < -0.4 is 15.4 Å². The first kappa shape index (κ1) is 19.2. The van der Waals surface area contributed by atoms with Gasteiger partial charge in [0.1, 0.15) is 34.6 Å². The van der Waals surface area contributed by atoms with Crippen molar-refractivity contribution in [3.8, 4) is 5.75 Å². The third-order valence-corrected chi connectivity index (χ3v) is 3.96. The van der Waals surface area contributed by atoms with Gasteiger partial charge in [-0.1, -0.05) is 18.2 Å². The lowest BCUT2D eigenvalue weighted by Crippen LogP contribution is -2.16. The summed E-state index contributed by atoms with van der Waals surface area (Å²) in [7, 11) is 1.62. The van der Waals surface area contributed by atoms with E-state index in [2.05, 4.69) is 20.6 Å². The smallest absolute Gasteiger partial charge is 0.276 e. The summed E-state index contributed by atoms with van der Waals surface area (Å²) in [4.78, 5) is 20.2. The zero-order valence-corrected chi connectivity index (χ0v) is 15.1. The number of anilines is 2. The van der Waals surface area contributed by atoms with Gasteiger partial charge in [0.05, 0.1) is 19.5 Å². The van der Waals surface area contributed by atoms with Gasteiger partial charge in [-0.3, -0.25) is 4.79 Å². The number of rotatable bonds is 7. The van der Waals surface area contributed by atoms with Crippen LogP contribution in [-0.2, 0) is 6.42 Å². The van der Waals surface area contributed by atoms with Crippen LogP contribution in [0, 0.1) is 11.6 Å². The van der Waals surface area contributed by atoms with E-state index in [0.717, 1.165) is 29.9 Å². The second-order valence-corrected chi connectivity index (χ2v) is 5.86. The van der Waals surface area contributed by atoms with E-state index in [-0.39, 0.29) is 5.69 Å². The van der Waals surface area contributed by atoms with Crippen LogP contribution in [0.5, 0.6) is 5.75 Å². The minimum Gasteiger partial charge on any atom is -0.497 e. The van der Waals surface area contributed by atoms with Crippen LogP contribution in [0.15, 0.2) is 54.9 Å². The Balaban J connectivity index is 1.54. The number of amides is 1. The number of ether oxygens (including phenoxy) is 1. The fraction of sp³-hybridized carbons (Fsp3) is 0.150. The van der Waals surface area contributed by atoms with E-state index in [1.54, 1.807) is 7.11 Å². The van der Waals surface area contributed by atoms with E-state index in [9.17, 15) is 13.6 Å². The third-order valence-electron chi connectivity index (χ3n) is 3.96. The predicted octanol–water partition coefficient (Wildman–Crippen LogP) is 3.67. The number of carbonyl (C=O) groups excluding carboxylic acids is 1. The standard InChI is InChI=1S/C20H18F2N4O2/c1-28-14-7-5-13(6-8-14)9-10-23-18-12-24-17(11-25-18)20(27)26-19-15(21)3-2-4-16(19)22/h2-8,11-12H,9-10H2,1H3,(H,23,25)(H,26,27). The van der Waals surface area contributed by atoms with E-state index in [1.807, 2.05) is 24.3 Å². The molecule has 3 rings (SSSR count). The Morgan fingerprint density at radius 3 is 2.36 bits per heavy atom. The first-order valence-corrected chi connectivity index (χ1v) is 8.51. The second kappa shape index (κ2) is 8.90. The monoisotopic (exact) mass is 384 g/mol. The highest BCUT2D eigenvalue weighted by atomic mass is 19.1. The molecule has 2 N–H and O–H groups in total. The molecule has 0 radical (unpaired) electrons. The van der Waals surface area contributed by atoms with Crippen LogP contribution in [0.4, 0.5) is 20.3 Å². The summed E-state index contributed by atoms with van der Waals surface area (Å²) in [5, 5.41) is 5.27. The maximum absolute atomic E-state index is 13.6. The lowest BCUT2D eigenvalue weighted by atomic mass is 10.1. The average molecular weight is 384 g/mol. The molecule has 0 spiro atoms. The van der Waals surface area contributed by atoms with Gasteiger partial charge in [0.2, 0.25) is 0 Å². The Bertz CT molecular complexity index is 927. The molecular formula is C20H18F2N4O2. The van der Waals surface area contributed by atoms with Crippen LogP contribution in [0.3, 0.4) is 0 Å². The molecule has 6 nitrogen and oxygen atoms in total. The van der Waals surface area contributed by atoms with Crippen LogP contribution in [0.2, 0.25) is 0 Å². The number of carbonyl (C=O) groups is 1. The van der Waals surface area contributed by atoms with Crippen LogP contribution in [0.25, 0.3) is 0 Å². The van der Waals surface area contributed by atoms with Crippen molar-refractivity contribution in [1.29, 1.82) is 0 Å². The fourth-order valence-electron chi connectivity index (χ4n) is 2.46. The van der Waals surface area contributed by atoms with Gasteiger partial charge in [0, 0.05) is 6.54 Å². The molecule has 0 fully saturated rings. The molecule has 0 aliphatic heterocycles. The zero-order chi connectivity index (χ0) is 19.9. The molecule has 8 heteroatoms. The molecular weight excluding hydrogens is 366 g/mol. The second-order valence-electron chi connectivity index (χ2n) is 5.86. The number of benzene rings is 2. The normalized spacial score (nSPS) is 10.4. The van der Waals surface area contributed by atoms with Crippen molar-refractivity contribution in [2.24, 2.45) is 0 Å². The van der Waals surface area contributed by atoms with Crippen LogP contribution >= 0.6 is 0 Å². The Hall–Kier alpha value is -3.55. The molecule has 0 aliphatic rings. The first-order chi connectivity index (χ1) is 13.6. The maximum atomic E-state index is 13.6. The minimum atomic E-state index is -0.863. The summed E-state index contributed by atoms with van der Waals surface area (Å²) in [6, 6.07) is 11.1. The Labute approximate surface area is 160 Å². The predicted molar refractivity (Wildman–Crippen MR) is 102 cm³/mol. The number of hydrogen-bond donors (Lipinski definition) is 2. The molecule has 1 amide bonds. The van der Waals surface area contributed by atoms with Crippen molar-refractivity contribution in [1.82, 2.24) is 9.97 Å². The van der Waals surface area contributed by atoms with E-state index < -0.39 is 23.2 Å². The molecule has 0 saturated carbocycles. The fourth-order valence-corrected chi connectivity index (χ4v) is 2.46. The first-order valence-electron chi connectivity index (χ1n) is 8.51.